The predicted octanol–water partition coefficient (Wildman–Crippen LogP) is 2.99. The fraction of sp³-hybridized carbons (Fsp3) is 0.278. The van der Waals surface area contributed by atoms with Crippen LogP contribution in [0.4, 0.5) is 5.82 Å². The Morgan fingerprint density at radius 2 is 1.96 bits per heavy atom. The van der Waals surface area contributed by atoms with Crippen molar-refractivity contribution in [2.24, 2.45) is 0 Å². The summed E-state index contributed by atoms with van der Waals surface area (Å²) in [6.45, 7) is 3.72. The van der Waals surface area contributed by atoms with Crippen LogP contribution in [-0.4, -0.2) is 34.1 Å². The number of aryl methyl sites for hydroxylation is 1. The molecule has 4 rings (SSSR count). The lowest BCUT2D eigenvalue weighted by Crippen LogP contribution is -2.25. The Kier molecular flexibility index (Phi) is 3.54. The van der Waals surface area contributed by atoms with Gasteiger partial charge >= 0.3 is 0 Å². The van der Waals surface area contributed by atoms with Crippen LogP contribution in [0.25, 0.3) is 11.0 Å². The number of ether oxygens (including phenoxy) is 1. The molecule has 116 valence electrons. The predicted molar refractivity (Wildman–Crippen MR) is 89.8 cm³/mol. The van der Waals surface area contributed by atoms with E-state index >= 15 is 0 Å². The summed E-state index contributed by atoms with van der Waals surface area (Å²) in [5.74, 6) is 1.82. The largest absolute Gasteiger partial charge is 0.489 e. The van der Waals surface area contributed by atoms with Crippen LogP contribution in [0, 0.1) is 6.92 Å². The number of rotatable bonds is 3. The van der Waals surface area contributed by atoms with Crippen molar-refractivity contribution in [1.82, 2.24) is 15.0 Å². The van der Waals surface area contributed by atoms with Crippen LogP contribution in [0.2, 0.25) is 0 Å². The molecule has 0 N–H and O–H groups in total. The number of anilines is 1. The lowest BCUT2D eigenvalue weighted by atomic mass is 10.3. The summed E-state index contributed by atoms with van der Waals surface area (Å²) in [5.41, 5.74) is 2.73. The van der Waals surface area contributed by atoms with Crippen molar-refractivity contribution in [2.75, 3.05) is 18.0 Å². The first kappa shape index (κ1) is 13.9. The maximum atomic E-state index is 6.06. The van der Waals surface area contributed by atoms with E-state index in [4.69, 9.17) is 4.74 Å². The van der Waals surface area contributed by atoms with Gasteiger partial charge in [0, 0.05) is 18.7 Å². The Balaban J connectivity index is 1.57. The first-order valence-corrected chi connectivity index (χ1v) is 7.84. The summed E-state index contributed by atoms with van der Waals surface area (Å²) >= 11 is 0. The van der Waals surface area contributed by atoms with Crippen molar-refractivity contribution in [1.29, 1.82) is 0 Å². The lowest BCUT2D eigenvalue weighted by molar-refractivity contribution is 0.225. The zero-order valence-corrected chi connectivity index (χ0v) is 13.0. The third kappa shape index (κ3) is 2.82. The molecular formula is C18H18N4O. The molecule has 1 saturated heterocycles. The van der Waals surface area contributed by atoms with E-state index in [0.29, 0.717) is 0 Å². The molecule has 0 unspecified atom stereocenters. The third-order valence-electron chi connectivity index (χ3n) is 4.09. The minimum Gasteiger partial charge on any atom is -0.489 e. The van der Waals surface area contributed by atoms with Crippen molar-refractivity contribution in [3.05, 3.63) is 54.5 Å². The molecule has 5 nitrogen and oxygen atoms in total. The van der Waals surface area contributed by atoms with Gasteiger partial charge in [0.05, 0.1) is 12.1 Å². The van der Waals surface area contributed by atoms with Crippen molar-refractivity contribution in [2.45, 2.75) is 19.4 Å². The second-order valence-electron chi connectivity index (χ2n) is 5.81. The van der Waals surface area contributed by atoms with Gasteiger partial charge in [0.2, 0.25) is 0 Å². The summed E-state index contributed by atoms with van der Waals surface area (Å²) in [6.07, 6.45) is 2.76. The van der Waals surface area contributed by atoms with Gasteiger partial charge in [0.15, 0.2) is 5.82 Å². The smallest absolute Gasteiger partial charge is 0.158 e. The molecule has 0 bridgehead atoms. The Labute approximate surface area is 135 Å². The van der Waals surface area contributed by atoms with E-state index in [9.17, 15) is 0 Å². The van der Waals surface area contributed by atoms with Crippen LogP contribution in [0.1, 0.15) is 12.1 Å². The maximum absolute atomic E-state index is 6.06. The van der Waals surface area contributed by atoms with Crippen molar-refractivity contribution in [3.8, 4) is 5.75 Å². The van der Waals surface area contributed by atoms with E-state index in [2.05, 4.69) is 19.9 Å². The van der Waals surface area contributed by atoms with E-state index in [1.807, 2.05) is 49.4 Å². The third-order valence-corrected chi connectivity index (χ3v) is 4.09. The number of aromatic nitrogens is 3. The van der Waals surface area contributed by atoms with Crippen molar-refractivity contribution in [3.63, 3.8) is 0 Å². The Morgan fingerprint density at radius 3 is 2.83 bits per heavy atom. The van der Waals surface area contributed by atoms with Gasteiger partial charge in [-0.25, -0.2) is 15.0 Å². The second-order valence-corrected chi connectivity index (χ2v) is 5.81. The average molecular weight is 306 g/mol. The standard InChI is InChI=1S/C18H18N4O/c1-13-7-8-16-17(21-13)18(20-12-19-16)22-10-9-15(11-22)23-14-5-3-2-4-6-14/h2-8,12,15H,9-11H2,1H3/t15-/m1/s1. The van der Waals surface area contributed by atoms with Gasteiger partial charge in [-0.3, -0.25) is 0 Å². The van der Waals surface area contributed by atoms with Crippen LogP contribution < -0.4 is 9.64 Å². The van der Waals surface area contributed by atoms with Crippen LogP contribution in [0.5, 0.6) is 5.75 Å². The van der Waals surface area contributed by atoms with Gasteiger partial charge in [0.25, 0.3) is 0 Å². The first-order chi connectivity index (χ1) is 11.3. The SMILES string of the molecule is Cc1ccc2ncnc(N3CC[C@@H](Oc4ccccc4)C3)c2n1. The van der Waals surface area contributed by atoms with E-state index in [0.717, 1.165) is 47.8 Å². The zero-order chi connectivity index (χ0) is 15.6. The molecular weight excluding hydrogens is 288 g/mol. The van der Waals surface area contributed by atoms with Crippen molar-refractivity contribution < 1.29 is 4.74 Å². The summed E-state index contributed by atoms with van der Waals surface area (Å²) in [7, 11) is 0. The molecule has 2 aromatic heterocycles. The molecule has 3 aromatic rings. The monoisotopic (exact) mass is 306 g/mol. The fourth-order valence-electron chi connectivity index (χ4n) is 2.96. The van der Waals surface area contributed by atoms with E-state index in [-0.39, 0.29) is 6.10 Å². The number of pyridine rings is 1. The lowest BCUT2D eigenvalue weighted by Gasteiger charge is -2.19. The van der Waals surface area contributed by atoms with E-state index in [1.165, 1.54) is 0 Å². The summed E-state index contributed by atoms with van der Waals surface area (Å²) in [4.78, 5) is 15.6. The number of para-hydroxylation sites is 1. The summed E-state index contributed by atoms with van der Waals surface area (Å²) in [5, 5.41) is 0. The van der Waals surface area contributed by atoms with Gasteiger partial charge in [-0.15, -0.1) is 0 Å². The van der Waals surface area contributed by atoms with Crippen LogP contribution in [-0.2, 0) is 0 Å². The molecule has 5 heteroatoms. The zero-order valence-electron chi connectivity index (χ0n) is 13.0. The highest BCUT2D eigenvalue weighted by atomic mass is 16.5. The highest BCUT2D eigenvalue weighted by molar-refractivity contribution is 5.85. The Morgan fingerprint density at radius 1 is 1.09 bits per heavy atom. The average Bonchev–Trinajstić information content (AvgIpc) is 3.03. The minimum atomic E-state index is 0.173. The van der Waals surface area contributed by atoms with Gasteiger partial charge in [-0.1, -0.05) is 18.2 Å². The highest BCUT2D eigenvalue weighted by Gasteiger charge is 2.26. The van der Waals surface area contributed by atoms with Crippen LogP contribution in [0.3, 0.4) is 0 Å². The molecule has 0 amide bonds. The Hall–Kier alpha value is -2.69. The van der Waals surface area contributed by atoms with E-state index < -0.39 is 0 Å². The minimum absolute atomic E-state index is 0.173. The summed E-state index contributed by atoms with van der Waals surface area (Å²) < 4.78 is 6.06. The maximum Gasteiger partial charge on any atom is 0.158 e. The number of nitrogens with zero attached hydrogens (tertiary/aromatic N) is 4. The number of hydrogen-bond donors (Lipinski definition) is 0. The summed E-state index contributed by atoms with van der Waals surface area (Å²) in [6, 6.07) is 13.9. The number of hydrogen-bond acceptors (Lipinski definition) is 5. The van der Waals surface area contributed by atoms with Gasteiger partial charge < -0.3 is 9.64 Å². The van der Waals surface area contributed by atoms with Crippen molar-refractivity contribution >= 4 is 16.9 Å². The van der Waals surface area contributed by atoms with Gasteiger partial charge in [-0.05, 0) is 31.2 Å². The second kappa shape index (κ2) is 5.83. The normalized spacial score (nSPS) is 17.6. The number of benzene rings is 1. The fourth-order valence-corrected chi connectivity index (χ4v) is 2.96. The molecule has 0 saturated carbocycles. The van der Waals surface area contributed by atoms with Crippen LogP contribution >= 0.6 is 0 Å². The van der Waals surface area contributed by atoms with Gasteiger partial charge in [0.1, 0.15) is 23.7 Å². The molecule has 0 spiro atoms. The molecule has 1 atom stereocenters. The molecule has 3 heterocycles. The highest BCUT2D eigenvalue weighted by Crippen LogP contribution is 2.26. The topological polar surface area (TPSA) is 51.1 Å². The molecule has 1 fully saturated rings. The molecule has 23 heavy (non-hydrogen) atoms. The molecule has 1 aliphatic heterocycles. The molecule has 1 aromatic carbocycles. The molecule has 1 aliphatic rings. The van der Waals surface area contributed by atoms with E-state index in [1.54, 1.807) is 6.33 Å². The Bertz CT molecular complexity index is 822. The van der Waals surface area contributed by atoms with Crippen LogP contribution in [0.15, 0.2) is 48.8 Å². The molecule has 0 aliphatic carbocycles. The number of fused-ring (bicyclic) bond motifs is 1. The molecule has 0 radical (unpaired) electrons. The van der Waals surface area contributed by atoms with Gasteiger partial charge in [-0.2, -0.15) is 0 Å². The quantitative estimate of drug-likeness (QED) is 0.744. The first-order valence-electron chi connectivity index (χ1n) is 7.84.